The summed E-state index contributed by atoms with van der Waals surface area (Å²) in [6.45, 7) is 4.65. The third kappa shape index (κ3) is 3.99. The lowest BCUT2D eigenvalue weighted by molar-refractivity contribution is -0.133. The predicted octanol–water partition coefficient (Wildman–Crippen LogP) is 2.01. The Hall–Kier alpha value is -1.59. The van der Waals surface area contributed by atoms with Gasteiger partial charge >= 0.3 is 0 Å². The topological polar surface area (TPSA) is 73.6 Å². The van der Waals surface area contributed by atoms with Crippen molar-refractivity contribution in [1.29, 1.82) is 0 Å². The molecule has 1 aromatic rings. The van der Waals surface area contributed by atoms with E-state index in [1.54, 1.807) is 7.11 Å². The molecule has 2 rings (SSSR count). The van der Waals surface area contributed by atoms with E-state index in [0.717, 1.165) is 24.2 Å². The first-order chi connectivity index (χ1) is 10.5. The summed E-state index contributed by atoms with van der Waals surface area (Å²) >= 11 is 0. The number of nitrogens with one attached hydrogen (secondary N) is 1. The van der Waals surface area contributed by atoms with E-state index >= 15 is 0 Å². The van der Waals surface area contributed by atoms with Gasteiger partial charge in [-0.15, -0.1) is 0 Å². The summed E-state index contributed by atoms with van der Waals surface area (Å²) in [6.07, 6.45) is 1.22. The summed E-state index contributed by atoms with van der Waals surface area (Å²) in [5.41, 5.74) is 6.66. The fourth-order valence-corrected chi connectivity index (χ4v) is 2.76. The minimum absolute atomic E-state index is 0.00855. The third-order valence-corrected chi connectivity index (χ3v) is 4.10. The van der Waals surface area contributed by atoms with Gasteiger partial charge in [0, 0.05) is 6.54 Å². The zero-order valence-electron chi connectivity index (χ0n) is 13.5. The molecule has 0 saturated carbocycles. The number of hydrogen-bond donors (Lipinski definition) is 2. The molecule has 22 heavy (non-hydrogen) atoms. The summed E-state index contributed by atoms with van der Waals surface area (Å²) in [5, 5.41) is 3.11. The van der Waals surface area contributed by atoms with E-state index in [-0.39, 0.29) is 30.1 Å². The number of hydrogen-bond acceptors (Lipinski definition) is 4. The maximum Gasteiger partial charge on any atom is 0.249 e. The van der Waals surface area contributed by atoms with E-state index in [0.29, 0.717) is 6.54 Å². The second kappa shape index (κ2) is 7.61. The van der Waals surface area contributed by atoms with Gasteiger partial charge in [0.05, 0.1) is 19.3 Å². The number of ether oxygens (including phenoxy) is 2. The molecule has 1 fully saturated rings. The van der Waals surface area contributed by atoms with Crippen LogP contribution in [-0.4, -0.2) is 31.8 Å². The first kappa shape index (κ1) is 16.8. The number of amides is 1. The molecule has 0 spiro atoms. The molecule has 1 unspecified atom stereocenters. The standard InChI is InChI=1S/C17H26N2O3/c1-11(2)16(12-4-6-13(21-3)7-5-12)19-17(20)15-9-8-14(10-18)22-15/h4-7,11,14-16H,8-10,18H2,1-3H3,(H,19,20)/t14-,15+,16?/m1/s1. The highest BCUT2D eigenvalue weighted by atomic mass is 16.5. The number of rotatable bonds is 6. The lowest BCUT2D eigenvalue weighted by Crippen LogP contribution is -2.39. The van der Waals surface area contributed by atoms with E-state index < -0.39 is 0 Å². The summed E-state index contributed by atoms with van der Waals surface area (Å²) in [7, 11) is 1.64. The molecule has 3 atom stereocenters. The van der Waals surface area contributed by atoms with Crippen molar-refractivity contribution in [2.75, 3.05) is 13.7 Å². The Morgan fingerprint density at radius 2 is 2.05 bits per heavy atom. The van der Waals surface area contributed by atoms with Gasteiger partial charge in [-0.3, -0.25) is 4.79 Å². The van der Waals surface area contributed by atoms with Crippen molar-refractivity contribution < 1.29 is 14.3 Å². The van der Waals surface area contributed by atoms with Crippen LogP contribution in [0.25, 0.3) is 0 Å². The Balaban J connectivity index is 2.03. The van der Waals surface area contributed by atoms with Crippen LogP contribution < -0.4 is 15.8 Å². The molecule has 0 bridgehead atoms. The Kier molecular flexibility index (Phi) is 5.80. The fraction of sp³-hybridized carbons (Fsp3) is 0.588. The molecule has 0 aromatic heterocycles. The van der Waals surface area contributed by atoms with Crippen molar-refractivity contribution in [3.05, 3.63) is 29.8 Å². The first-order valence-corrected chi connectivity index (χ1v) is 7.85. The zero-order valence-corrected chi connectivity index (χ0v) is 13.5. The molecule has 0 radical (unpaired) electrons. The van der Waals surface area contributed by atoms with Crippen molar-refractivity contribution in [2.45, 2.75) is 44.9 Å². The molecule has 5 heteroatoms. The van der Waals surface area contributed by atoms with E-state index in [2.05, 4.69) is 19.2 Å². The van der Waals surface area contributed by atoms with Gasteiger partial charge in [-0.25, -0.2) is 0 Å². The maximum atomic E-state index is 12.4. The van der Waals surface area contributed by atoms with Crippen LogP contribution >= 0.6 is 0 Å². The zero-order chi connectivity index (χ0) is 16.1. The Bertz CT molecular complexity index is 487. The molecule has 1 heterocycles. The highest BCUT2D eigenvalue weighted by Crippen LogP contribution is 2.25. The lowest BCUT2D eigenvalue weighted by Gasteiger charge is -2.25. The molecule has 122 valence electrons. The molecular weight excluding hydrogens is 280 g/mol. The number of carbonyl (C=O) groups excluding carboxylic acids is 1. The lowest BCUT2D eigenvalue weighted by atomic mass is 9.95. The average Bonchev–Trinajstić information content (AvgIpc) is 3.01. The predicted molar refractivity (Wildman–Crippen MR) is 85.7 cm³/mol. The molecule has 1 aromatic carbocycles. The van der Waals surface area contributed by atoms with E-state index in [1.807, 2.05) is 24.3 Å². The Morgan fingerprint density at radius 1 is 1.36 bits per heavy atom. The second-order valence-electron chi connectivity index (χ2n) is 6.06. The SMILES string of the molecule is COc1ccc(C(NC(=O)[C@@H]2CC[C@H](CN)O2)C(C)C)cc1. The second-order valence-corrected chi connectivity index (χ2v) is 6.06. The molecule has 3 N–H and O–H groups in total. The summed E-state index contributed by atoms with van der Waals surface area (Å²) in [6, 6.07) is 7.75. The Morgan fingerprint density at radius 3 is 2.55 bits per heavy atom. The van der Waals surface area contributed by atoms with Gasteiger partial charge in [0.15, 0.2) is 0 Å². The van der Waals surface area contributed by atoms with Crippen molar-refractivity contribution in [3.63, 3.8) is 0 Å². The number of carbonyl (C=O) groups is 1. The highest BCUT2D eigenvalue weighted by molar-refractivity contribution is 5.81. The van der Waals surface area contributed by atoms with Crippen LogP contribution in [0.5, 0.6) is 5.75 Å². The minimum atomic E-state index is -0.381. The quantitative estimate of drug-likeness (QED) is 0.843. The van der Waals surface area contributed by atoms with E-state index in [9.17, 15) is 4.79 Å². The van der Waals surface area contributed by atoms with Crippen molar-refractivity contribution >= 4 is 5.91 Å². The van der Waals surface area contributed by atoms with Crippen LogP contribution in [0.2, 0.25) is 0 Å². The molecule has 1 aliphatic rings. The van der Waals surface area contributed by atoms with Crippen LogP contribution in [0.1, 0.15) is 38.3 Å². The molecule has 1 saturated heterocycles. The molecule has 0 aliphatic carbocycles. The van der Waals surface area contributed by atoms with Gasteiger partial charge < -0.3 is 20.5 Å². The monoisotopic (exact) mass is 306 g/mol. The fourth-order valence-electron chi connectivity index (χ4n) is 2.76. The van der Waals surface area contributed by atoms with E-state index in [1.165, 1.54) is 0 Å². The normalized spacial score (nSPS) is 22.6. The van der Waals surface area contributed by atoms with E-state index in [4.69, 9.17) is 15.2 Å². The first-order valence-electron chi connectivity index (χ1n) is 7.85. The van der Waals surface area contributed by atoms with Crippen LogP contribution in [0.3, 0.4) is 0 Å². The van der Waals surface area contributed by atoms with Gasteiger partial charge in [0.2, 0.25) is 5.91 Å². The maximum absolute atomic E-state index is 12.4. The average molecular weight is 306 g/mol. The van der Waals surface area contributed by atoms with Crippen LogP contribution in [0, 0.1) is 5.92 Å². The van der Waals surface area contributed by atoms with Gasteiger partial charge in [-0.2, -0.15) is 0 Å². The van der Waals surface area contributed by atoms with Gasteiger partial charge in [0.25, 0.3) is 0 Å². The van der Waals surface area contributed by atoms with Crippen molar-refractivity contribution in [2.24, 2.45) is 11.7 Å². The van der Waals surface area contributed by atoms with Crippen molar-refractivity contribution in [1.82, 2.24) is 5.32 Å². The smallest absolute Gasteiger partial charge is 0.249 e. The minimum Gasteiger partial charge on any atom is -0.497 e. The van der Waals surface area contributed by atoms with Crippen LogP contribution in [0.4, 0.5) is 0 Å². The third-order valence-electron chi connectivity index (χ3n) is 4.10. The summed E-state index contributed by atoms with van der Waals surface area (Å²) in [4.78, 5) is 12.4. The van der Waals surface area contributed by atoms with Crippen LogP contribution in [0.15, 0.2) is 24.3 Å². The van der Waals surface area contributed by atoms with Gasteiger partial charge in [-0.1, -0.05) is 26.0 Å². The molecule has 5 nitrogen and oxygen atoms in total. The summed E-state index contributed by atoms with van der Waals surface area (Å²) in [5.74, 6) is 1.04. The molecule has 1 amide bonds. The molecule has 1 aliphatic heterocycles. The molecular formula is C17H26N2O3. The largest absolute Gasteiger partial charge is 0.497 e. The number of methoxy groups -OCH3 is 1. The highest BCUT2D eigenvalue weighted by Gasteiger charge is 2.31. The Labute approximate surface area is 132 Å². The number of benzene rings is 1. The van der Waals surface area contributed by atoms with Gasteiger partial charge in [-0.05, 0) is 36.5 Å². The van der Waals surface area contributed by atoms with Gasteiger partial charge in [0.1, 0.15) is 11.9 Å². The number of nitrogens with two attached hydrogens (primary N) is 1. The van der Waals surface area contributed by atoms with Crippen molar-refractivity contribution in [3.8, 4) is 5.75 Å². The summed E-state index contributed by atoms with van der Waals surface area (Å²) < 4.78 is 10.8. The van der Waals surface area contributed by atoms with Crippen LogP contribution in [-0.2, 0) is 9.53 Å².